The van der Waals surface area contributed by atoms with Gasteiger partial charge in [0.25, 0.3) is 0 Å². The molecule has 2 aromatic rings. The van der Waals surface area contributed by atoms with Crippen molar-refractivity contribution in [2.24, 2.45) is 0 Å². The molecule has 116 valence electrons. The van der Waals surface area contributed by atoms with Crippen LogP contribution in [0.5, 0.6) is 0 Å². The highest BCUT2D eigenvalue weighted by Crippen LogP contribution is 2.29. The summed E-state index contributed by atoms with van der Waals surface area (Å²) in [5, 5.41) is 1.15. The van der Waals surface area contributed by atoms with Crippen LogP contribution in [0.25, 0.3) is 0 Å². The molecule has 1 saturated heterocycles. The second-order valence-corrected chi connectivity index (χ2v) is 6.22. The molecule has 1 aliphatic heterocycles. The Morgan fingerprint density at radius 1 is 1.18 bits per heavy atom. The normalized spacial score (nSPS) is 19.3. The zero-order chi connectivity index (χ0) is 15.4. The first-order chi connectivity index (χ1) is 10.7. The number of halogens is 2. The van der Waals surface area contributed by atoms with E-state index in [1.807, 2.05) is 36.5 Å². The van der Waals surface area contributed by atoms with Gasteiger partial charge >= 0.3 is 0 Å². The van der Waals surface area contributed by atoms with Crippen LogP contribution in [0.15, 0.2) is 42.6 Å². The van der Waals surface area contributed by atoms with Crippen molar-refractivity contribution in [3.05, 3.63) is 63.9 Å². The number of benzene rings is 1. The monoisotopic (exact) mass is 336 g/mol. The van der Waals surface area contributed by atoms with Crippen molar-refractivity contribution in [3.63, 3.8) is 0 Å². The maximum absolute atomic E-state index is 6.10. The fourth-order valence-corrected chi connectivity index (χ4v) is 2.95. The molecule has 3 rings (SSSR count). The number of morpholine rings is 1. The second-order valence-electron chi connectivity index (χ2n) is 5.40. The van der Waals surface area contributed by atoms with Gasteiger partial charge in [0, 0.05) is 37.9 Å². The van der Waals surface area contributed by atoms with Crippen LogP contribution < -0.4 is 0 Å². The van der Waals surface area contributed by atoms with Crippen LogP contribution in [0.4, 0.5) is 0 Å². The Labute approximate surface area is 140 Å². The smallest absolute Gasteiger partial charge is 0.0952 e. The van der Waals surface area contributed by atoms with E-state index in [1.165, 1.54) is 0 Å². The van der Waals surface area contributed by atoms with Crippen molar-refractivity contribution in [1.29, 1.82) is 0 Å². The van der Waals surface area contributed by atoms with Gasteiger partial charge in [0.15, 0.2) is 0 Å². The van der Waals surface area contributed by atoms with Gasteiger partial charge < -0.3 is 4.74 Å². The standard InChI is InChI=1S/C17H18Cl2N2O/c18-15-5-4-13(11-16(15)19)17-12-21(9-10-22-17)8-6-14-3-1-2-7-20-14/h1-5,7,11,17H,6,8-10,12H2/t17-/m0/s1. The van der Waals surface area contributed by atoms with Crippen LogP contribution in [0.1, 0.15) is 17.4 Å². The Balaban J connectivity index is 1.60. The maximum Gasteiger partial charge on any atom is 0.0952 e. The van der Waals surface area contributed by atoms with Crippen molar-refractivity contribution >= 4 is 23.2 Å². The molecular weight excluding hydrogens is 319 g/mol. The SMILES string of the molecule is Clc1ccc([C@@H]2CN(CCc3ccccn3)CCO2)cc1Cl. The first-order valence-electron chi connectivity index (χ1n) is 7.41. The third-order valence-electron chi connectivity index (χ3n) is 3.88. The van der Waals surface area contributed by atoms with Crippen molar-refractivity contribution < 1.29 is 4.74 Å². The lowest BCUT2D eigenvalue weighted by molar-refractivity contribution is -0.0296. The molecule has 0 spiro atoms. The lowest BCUT2D eigenvalue weighted by atomic mass is 10.1. The molecule has 0 bridgehead atoms. The average Bonchev–Trinajstić information content (AvgIpc) is 2.57. The topological polar surface area (TPSA) is 25.4 Å². The van der Waals surface area contributed by atoms with Gasteiger partial charge in [0.2, 0.25) is 0 Å². The third-order valence-corrected chi connectivity index (χ3v) is 4.62. The summed E-state index contributed by atoms with van der Waals surface area (Å²) in [4.78, 5) is 6.78. The van der Waals surface area contributed by atoms with Gasteiger partial charge in [-0.15, -0.1) is 0 Å². The van der Waals surface area contributed by atoms with E-state index in [9.17, 15) is 0 Å². The van der Waals surface area contributed by atoms with Gasteiger partial charge in [0.05, 0.1) is 22.8 Å². The highest BCUT2D eigenvalue weighted by molar-refractivity contribution is 6.42. The molecule has 1 aliphatic rings. The van der Waals surface area contributed by atoms with Crippen LogP contribution in [-0.2, 0) is 11.2 Å². The molecule has 0 aliphatic carbocycles. The van der Waals surface area contributed by atoms with Crippen molar-refractivity contribution in [1.82, 2.24) is 9.88 Å². The summed E-state index contributed by atoms with van der Waals surface area (Å²) in [6.45, 7) is 3.53. The van der Waals surface area contributed by atoms with Gasteiger partial charge in [-0.1, -0.05) is 35.3 Å². The summed E-state index contributed by atoms with van der Waals surface area (Å²) in [5.41, 5.74) is 2.21. The van der Waals surface area contributed by atoms with Crippen molar-refractivity contribution in [3.8, 4) is 0 Å². The lowest BCUT2D eigenvalue weighted by Crippen LogP contribution is -2.39. The summed E-state index contributed by atoms with van der Waals surface area (Å²) in [7, 11) is 0. The van der Waals surface area contributed by atoms with Gasteiger partial charge in [-0.05, 0) is 29.8 Å². The maximum atomic E-state index is 6.10. The molecule has 0 amide bonds. The molecule has 1 fully saturated rings. The molecule has 0 unspecified atom stereocenters. The second kappa shape index (κ2) is 7.42. The molecule has 0 saturated carbocycles. The van der Waals surface area contributed by atoms with Crippen LogP contribution >= 0.6 is 23.2 Å². The minimum absolute atomic E-state index is 0.0484. The van der Waals surface area contributed by atoms with E-state index in [0.717, 1.165) is 43.9 Å². The molecule has 1 aromatic heterocycles. The van der Waals surface area contributed by atoms with Crippen LogP contribution in [0.3, 0.4) is 0 Å². The van der Waals surface area contributed by atoms with Crippen LogP contribution in [-0.4, -0.2) is 36.1 Å². The Hall–Kier alpha value is -1.13. The number of aromatic nitrogens is 1. The zero-order valence-electron chi connectivity index (χ0n) is 12.2. The number of ether oxygens (including phenoxy) is 1. The average molecular weight is 337 g/mol. The van der Waals surface area contributed by atoms with Gasteiger partial charge in [0.1, 0.15) is 0 Å². The number of pyridine rings is 1. The van der Waals surface area contributed by atoms with E-state index in [1.54, 1.807) is 0 Å². The largest absolute Gasteiger partial charge is 0.371 e. The molecular formula is C17H18Cl2N2O. The predicted octanol–water partition coefficient (Wildman–Crippen LogP) is 4.00. The van der Waals surface area contributed by atoms with E-state index in [4.69, 9.17) is 27.9 Å². The molecule has 22 heavy (non-hydrogen) atoms. The number of nitrogens with zero attached hydrogens (tertiary/aromatic N) is 2. The minimum Gasteiger partial charge on any atom is -0.371 e. The Morgan fingerprint density at radius 3 is 2.86 bits per heavy atom. The number of rotatable bonds is 4. The number of hydrogen-bond acceptors (Lipinski definition) is 3. The summed E-state index contributed by atoms with van der Waals surface area (Å²) >= 11 is 12.1. The van der Waals surface area contributed by atoms with E-state index in [0.29, 0.717) is 10.0 Å². The summed E-state index contributed by atoms with van der Waals surface area (Å²) < 4.78 is 5.88. The fraction of sp³-hybridized carbons (Fsp3) is 0.353. The molecule has 0 N–H and O–H groups in total. The van der Waals surface area contributed by atoms with Gasteiger partial charge in [-0.2, -0.15) is 0 Å². The van der Waals surface area contributed by atoms with Gasteiger partial charge in [-0.25, -0.2) is 0 Å². The highest BCUT2D eigenvalue weighted by atomic mass is 35.5. The zero-order valence-corrected chi connectivity index (χ0v) is 13.7. The predicted molar refractivity (Wildman–Crippen MR) is 89.5 cm³/mol. The molecule has 5 heteroatoms. The van der Waals surface area contributed by atoms with E-state index >= 15 is 0 Å². The van der Waals surface area contributed by atoms with Crippen LogP contribution in [0, 0.1) is 0 Å². The molecule has 1 aromatic carbocycles. The van der Waals surface area contributed by atoms with Crippen LogP contribution in [0.2, 0.25) is 10.0 Å². The Morgan fingerprint density at radius 2 is 2.09 bits per heavy atom. The highest BCUT2D eigenvalue weighted by Gasteiger charge is 2.22. The van der Waals surface area contributed by atoms with E-state index in [2.05, 4.69) is 16.0 Å². The quantitative estimate of drug-likeness (QED) is 0.843. The fourth-order valence-electron chi connectivity index (χ4n) is 2.64. The number of hydrogen-bond donors (Lipinski definition) is 0. The minimum atomic E-state index is 0.0484. The first-order valence-corrected chi connectivity index (χ1v) is 8.17. The molecule has 1 atom stereocenters. The molecule has 2 heterocycles. The van der Waals surface area contributed by atoms with Crippen molar-refractivity contribution in [2.75, 3.05) is 26.2 Å². The summed E-state index contributed by atoms with van der Waals surface area (Å²) in [6, 6.07) is 11.8. The first kappa shape index (κ1) is 15.8. The Bertz CT molecular complexity index is 621. The molecule has 3 nitrogen and oxygen atoms in total. The third kappa shape index (κ3) is 3.99. The van der Waals surface area contributed by atoms with Gasteiger partial charge in [-0.3, -0.25) is 9.88 Å². The van der Waals surface area contributed by atoms with E-state index < -0.39 is 0 Å². The Kier molecular flexibility index (Phi) is 5.32. The van der Waals surface area contributed by atoms with E-state index in [-0.39, 0.29) is 6.10 Å². The summed E-state index contributed by atoms with van der Waals surface area (Å²) in [6.07, 6.45) is 2.84. The summed E-state index contributed by atoms with van der Waals surface area (Å²) in [5.74, 6) is 0. The lowest BCUT2D eigenvalue weighted by Gasteiger charge is -2.33. The molecule has 0 radical (unpaired) electrons. The van der Waals surface area contributed by atoms with Crippen molar-refractivity contribution in [2.45, 2.75) is 12.5 Å².